The second-order valence-electron chi connectivity index (χ2n) is 4.35. The summed E-state index contributed by atoms with van der Waals surface area (Å²) in [6, 6.07) is 10.6. The molecular weight excluding hydrogens is 214 g/mol. The van der Waals surface area contributed by atoms with E-state index in [2.05, 4.69) is 15.5 Å². The lowest BCUT2D eigenvalue weighted by Crippen LogP contribution is -2.19. The van der Waals surface area contributed by atoms with Crippen molar-refractivity contribution in [3.05, 3.63) is 36.2 Å². The van der Waals surface area contributed by atoms with Crippen molar-refractivity contribution in [2.24, 2.45) is 0 Å². The third-order valence-corrected chi connectivity index (χ3v) is 2.84. The largest absolute Gasteiger partial charge is 0.421 e. The van der Waals surface area contributed by atoms with Gasteiger partial charge < -0.3 is 9.73 Å². The van der Waals surface area contributed by atoms with Crippen molar-refractivity contribution in [1.29, 1.82) is 0 Å². The molecule has 1 aromatic carbocycles. The maximum Gasteiger partial charge on any atom is 0.247 e. The van der Waals surface area contributed by atoms with Gasteiger partial charge in [-0.15, -0.1) is 10.2 Å². The molecular formula is C13H15N3O. The van der Waals surface area contributed by atoms with E-state index in [9.17, 15) is 0 Å². The number of benzene rings is 1. The fourth-order valence-electron chi connectivity index (χ4n) is 1.72. The Hall–Kier alpha value is -1.68. The van der Waals surface area contributed by atoms with Gasteiger partial charge in [-0.1, -0.05) is 18.2 Å². The lowest BCUT2D eigenvalue weighted by Gasteiger charge is -1.97. The normalized spacial score (nSPS) is 15.1. The van der Waals surface area contributed by atoms with E-state index in [0.29, 0.717) is 11.8 Å². The first-order valence-electron chi connectivity index (χ1n) is 6.03. The highest BCUT2D eigenvalue weighted by Gasteiger charge is 2.20. The zero-order valence-electron chi connectivity index (χ0n) is 9.60. The van der Waals surface area contributed by atoms with Crippen LogP contribution in [0.3, 0.4) is 0 Å². The van der Waals surface area contributed by atoms with Crippen LogP contribution in [0.25, 0.3) is 11.5 Å². The molecule has 1 N–H and O–H groups in total. The van der Waals surface area contributed by atoms with Crippen molar-refractivity contribution >= 4 is 0 Å². The van der Waals surface area contributed by atoms with Crippen molar-refractivity contribution in [2.75, 3.05) is 6.54 Å². The van der Waals surface area contributed by atoms with Gasteiger partial charge in [-0.25, -0.2) is 0 Å². The van der Waals surface area contributed by atoms with E-state index in [-0.39, 0.29) is 0 Å². The van der Waals surface area contributed by atoms with Crippen LogP contribution in [0.15, 0.2) is 34.7 Å². The van der Waals surface area contributed by atoms with Gasteiger partial charge in [-0.3, -0.25) is 0 Å². The smallest absolute Gasteiger partial charge is 0.247 e. The average Bonchev–Trinajstić information content (AvgIpc) is 3.07. The van der Waals surface area contributed by atoms with Crippen LogP contribution in [0.2, 0.25) is 0 Å². The fraction of sp³-hybridized carbons (Fsp3) is 0.385. The zero-order chi connectivity index (χ0) is 11.5. The highest BCUT2D eigenvalue weighted by Crippen LogP contribution is 2.19. The Morgan fingerprint density at radius 1 is 1.18 bits per heavy atom. The van der Waals surface area contributed by atoms with E-state index >= 15 is 0 Å². The van der Waals surface area contributed by atoms with Gasteiger partial charge in [0.25, 0.3) is 0 Å². The van der Waals surface area contributed by atoms with Gasteiger partial charge in [0, 0.05) is 24.6 Å². The maximum absolute atomic E-state index is 5.61. The summed E-state index contributed by atoms with van der Waals surface area (Å²) in [4.78, 5) is 0. The summed E-state index contributed by atoms with van der Waals surface area (Å²) in [5.74, 6) is 1.31. The Kier molecular flexibility index (Phi) is 2.88. The van der Waals surface area contributed by atoms with E-state index in [1.54, 1.807) is 0 Å². The predicted octanol–water partition coefficient (Wildman–Crippen LogP) is 2.03. The van der Waals surface area contributed by atoms with E-state index < -0.39 is 0 Å². The minimum Gasteiger partial charge on any atom is -0.421 e. The lowest BCUT2D eigenvalue weighted by atomic mass is 10.2. The number of nitrogens with one attached hydrogen (secondary N) is 1. The molecule has 0 unspecified atom stereocenters. The molecule has 1 saturated carbocycles. The van der Waals surface area contributed by atoms with Crippen molar-refractivity contribution in [3.8, 4) is 11.5 Å². The minimum atomic E-state index is 0.604. The molecule has 0 aliphatic heterocycles. The third kappa shape index (κ3) is 2.71. The highest BCUT2D eigenvalue weighted by atomic mass is 16.4. The Balaban J connectivity index is 1.61. The molecule has 1 heterocycles. The fourth-order valence-corrected chi connectivity index (χ4v) is 1.72. The first-order valence-corrected chi connectivity index (χ1v) is 6.03. The van der Waals surface area contributed by atoms with Crippen LogP contribution in [0.1, 0.15) is 18.7 Å². The van der Waals surface area contributed by atoms with Crippen LogP contribution >= 0.6 is 0 Å². The van der Waals surface area contributed by atoms with Crippen LogP contribution in [0.4, 0.5) is 0 Å². The third-order valence-electron chi connectivity index (χ3n) is 2.84. The first kappa shape index (κ1) is 10.5. The number of hydrogen-bond donors (Lipinski definition) is 1. The standard InChI is InChI=1S/C13H15N3O/c1-2-4-10(5-3-1)13-16-15-12(17-13)8-9-14-11-6-7-11/h1-5,11,14H,6-9H2. The molecule has 1 aliphatic carbocycles. The second kappa shape index (κ2) is 4.67. The second-order valence-corrected chi connectivity index (χ2v) is 4.35. The van der Waals surface area contributed by atoms with Crippen LogP contribution in [0.5, 0.6) is 0 Å². The highest BCUT2D eigenvalue weighted by molar-refractivity contribution is 5.51. The molecule has 1 aromatic heterocycles. The van der Waals surface area contributed by atoms with Gasteiger partial charge in [-0.2, -0.15) is 0 Å². The summed E-state index contributed by atoms with van der Waals surface area (Å²) >= 11 is 0. The van der Waals surface area contributed by atoms with E-state index in [1.807, 2.05) is 30.3 Å². The molecule has 3 rings (SSSR count). The van der Waals surface area contributed by atoms with E-state index in [1.165, 1.54) is 12.8 Å². The van der Waals surface area contributed by atoms with E-state index in [0.717, 1.165) is 24.6 Å². The van der Waals surface area contributed by atoms with Crippen LogP contribution in [-0.2, 0) is 6.42 Å². The lowest BCUT2D eigenvalue weighted by molar-refractivity contribution is 0.494. The van der Waals surface area contributed by atoms with Crippen LogP contribution < -0.4 is 5.32 Å². The van der Waals surface area contributed by atoms with Crippen LogP contribution in [0, 0.1) is 0 Å². The molecule has 0 saturated heterocycles. The Morgan fingerprint density at radius 2 is 2.00 bits per heavy atom. The van der Waals surface area contributed by atoms with Gasteiger partial charge in [0.15, 0.2) is 0 Å². The Morgan fingerprint density at radius 3 is 2.76 bits per heavy atom. The predicted molar refractivity (Wildman–Crippen MR) is 64.5 cm³/mol. The molecule has 0 spiro atoms. The van der Waals surface area contributed by atoms with Gasteiger partial charge in [0.05, 0.1) is 0 Å². The molecule has 0 bridgehead atoms. The minimum absolute atomic E-state index is 0.604. The molecule has 17 heavy (non-hydrogen) atoms. The van der Waals surface area contributed by atoms with Gasteiger partial charge >= 0.3 is 0 Å². The van der Waals surface area contributed by atoms with Crippen LogP contribution in [-0.4, -0.2) is 22.8 Å². The quantitative estimate of drug-likeness (QED) is 0.852. The molecule has 2 aromatic rings. The monoisotopic (exact) mass is 229 g/mol. The maximum atomic E-state index is 5.61. The molecule has 1 aliphatic rings. The number of hydrogen-bond acceptors (Lipinski definition) is 4. The number of aromatic nitrogens is 2. The molecule has 4 heteroatoms. The van der Waals surface area contributed by atoms with Gasteiger partial charge in [0.1, 0.15) is 0 Å². The molecule has 0 radical (unpaired) electrons. The van der Waals surface area contributed by atoms with Crippen molar-refractivity contribution in [3.63, 3.8) is 0 Å². The number of nitrogens with zero attached hydrogens (tertiary/aromatic N) is 2. The average molecular weight is 229 g/mol. The first-order chi connectivity index (χ1) is 8.42. The van der Waals surface area contributed by atoms with Gasteiger partial charge in [0.2, 0.25) is 11.8 Å². The van der Waals surface area contributed by atoms with Crippen molar-refractivity contribution < 1.29 is 4.42 Å². The summed E-state index contributed by atoms with van der Waals surface area (Å²) in [6.45, 7) is 0.918. The Bertz CT molecular complexity index is 476. The van der Waals surface area contributed by atoms with E-state index in [4.69, 9.17) is 4.42 Å². The molecule has 4 nitrogen and oxygen atoms in total. The summed E-state index contributed by atoms with van der Waals surface area (Å²) in [5, 5.41) is 11.5. The summed E-state index contributed by atoms with van der Waals surface area (Å²) in [6.07, 6.45) is 3.41. The van der Waals surface area contributed by atoms with Crippen molar-refractivity contribution in [1.82, 2.24) is 15.5 Å². The van der Waals surface area contributed by atoms with Gasteiger partial charge in [-0.05, 0) is 25.0 Å². The summed E-state index contributed by atoms with van der Waals surface area (Å²) in [7, 11) is 0. The van der Waals surface area contributed by atoms with Crippen molar-refractivity contribution in [2.45, 2.75) is 25.3 Å². The topological polar surface area (TPSA) is 51.0 Å². The molecule has 0 amide bonds. The SMILES string of the molecule is c1ccc(-c2nnc(CCNC3CC3)o2)cc1. The zero-order valence-corrected chi connectivity index (χ0v) is 9.60. The molecule has 0 atom stereocenters. The number of rotatable bonds is 5. The summed E-state index contributed by atoms with van der Waals surface area (Å²) < 4.78 is 5.61. The Labute approximate surface area is 100 Å². The molecule has 88 valence electrons. The molecule has 1 fully saturated rings. The summed E-state index contributed by atoms with van der Waals surface area (Å²) in [5.41, 5.74) is 0.974.